The smallest absolute Gasteiger partial charge is 0.162 e. The normalized spacial score (nSPS) is 45.8. The number of Topliss-reactive ketones (excluding diaryl/α,β-unsaturated/α-hetero) is 1. The predicted octanol–water partition coefficient (Wildman–Crippen LogP) is 4.25. The van der Waals surface area contributed by atoms with E-state index in [4.69, 9.17) is 0 Å². The van der Waals surface area contributed by atoms with Crippen molar-refractivity contribution in [3.63, 3.8) is 0 Å². The number of hydrogen-bond acceptors (Lipinski definition) is 2. The quantitative estimate of drug-likeness (QED) is 0.626. The average Bonchev–Trinajstić information content (AvgIpc) is 2.72. The molecular weight excluding hydrogens is 272 g/mol. The predicted molar refractivity (Wildman–Crippen MR) is 86.2 cm³/mol. The first-order valence-corrected chi connectivity index (χ1v) is 8.70. The maximum atomic E-state index is 13.0. The second kappa shape index (κ2) is 4.01. The lowest BCUT2D eigenvalue weighted by atomic mass is 9.44. The maximum absolute atomic E-state index is 13.0. The van der Waals surface area contributed by atoms with Crippen molar-refractivity contribution in [2.24, 2.45) is 28.1 Å². The molecule has 0 aromatic heterocycles. The van der Waals surface area contributed by atoms with Crippen molar-refractivity contribution in [3.05, 3.63) is 23.3 Å². The summed E-state index contributed by atoms with van der Waals surface area (Å²) in [5, 5.41) is 0. The Morgan fingerprint density at radius 3 is 2.59 bits per heavy atom. The van der Waals surface area contributed by atoms with E-state index in [9.17, 15) is 9.59 Å². The van der Waals surface area contributed by atoms with Crippen molar-refractivity contribution in [2.45, 2.75) is 59.8 Å². The number of ketones is 2. The zero-order valence-electron chi connectivity index (χ0n) is 14.2. The standard InChI is InChI=1S/C20H26O2/c1-12-10-20-8-5-15-18(2,3)7-6-17(22)19(15,4)16(20)9-14(21)13(12)11-20/h9-10,13,15H,5-8,11H2,1-4H3/t13-,15-,19-,20-/m1/s1. The first-order valence-electron chi connectivity index (χ1n) is 8.70. The van der Waals surface area contributed by atoms with Crippen LogP contribution in [0.15, 0.2) is 23.3 Å². The van der Waals surface area contributed by atoms with Crippen molar-refractivity contribution in [3.8, 4) is 0 Å². The number of hydrogen-bond donors (Lipinski definition) is 0. The van der Waals surface area contributed by atoms with Gasteiger partial charge in [0.05, 0.1) is 5.41 Å². The third kappa shape index (κ3) is 1.51. The molecule has 1 spiro atoms. The fraction of sp³-hybridized carbons (Fsp3) is 0.700. The molecule has 2 fully saturated rings. The van der Waals surface area contributed by atoms with Crippen molar-refractivity contribution < 1.29 is 9.59 Å². The van der Waals surface area contributed by atoms with Gasteiger partial charge in [0, 0.05) is 17.8 Å². The van der Waals surface area contributed by atoms with E-state index in [0.29, 0.717) is 18.1 Å². The molecule has 2 saturated carbocycles. The van der Waals surface area contributed by atoms with E-state index in [1.165, 1.54) is 5.57 Å². The van der Waals surface area contributed by atoms with Crippen LogP contribution in [0.3, 0.4) is 0 Å². The van der Waals surface area contributed by atoms with Crippen LogP contribution in [0.25, 0.3) is 0 Å². The molecule has 4 aliphatic rings. The number of rotatable bonds is 0. The molecule has 0 saturated heterocycles. The van der Waals surface area contributed by atoms with Crippen molar-refractivity contribution in [1.29, 1.82) is 0 Å². The Labute approximate surface area is 133 Å². The maximum Gasteiger partial charge on any atom is 0.162 e. The van der Waals surface area contributed by atoms with Crippen LogP contribution in [0.2, 0.25) is 0 Å². The van der Waals surface area contributed by atoms with E-state index < -0.39 is 5.41 Å². The van der Waals surface area contributed by atoms with Crippen molar-refractivity contribution in [1.82, 2.24) is 0 Å². The molecule has 0 aliphatic heterocycles. The molecule has 118 valence electrons. The molecule has 22 heavy (non-hydrogen) atoms. The van der Waals surface area contributed by atoms with Crippen molar-refractivity contribution >= 4 is 11.6 Å². The molecule has 0 heterocycles. The molecule has 0 aromatic carbocycles. The topological polar surface area (TPSA) is 34.1 Å². The van der Waals surface area contributed by atoms with Crippen LogP contribution in [0.1, 0.15) is 59.8 Å². The molecule has 0 aromatic rings. The summed E-state index contributed by atoms with van der Waals surface area (Å²) in [4.78, 5) is 25.6. The molecule has 2 bridgehead atoms. The summed E-state index contributed by atoms with van der Waals surface area (Å²) in [6, 6.07) is 0. The van der Waals surface area contributed by atoms with E-state index in [-0.39, 0.29) is 22.5 Å². The van der Waals surface area contributed by atoms with E-state index in [1.807, 2.05) is 6.08 Å². The average molecular weight is 298 g/mol. The molecule has 2 heteroatoms. The van der Waals surface area contributed by atoms with Gasteiger partial charge in [0.25, 0.3) is 0 Å². The number of carbonyl (C=O) groups is 2. The van der Waals surface area contributed by atoms with Crippen molar-refractivity contribution in [2.75, 3.05) is 0 Å². The number of allylic oxidation sites excluding steroid dienone is 4. The third-order valence-electron chi connectivity index (χ3n) is 7.44. The lowest BCUT2D eigenvalue weighted by Gasteiger charge is -2.58. The summed E-state index contributed by atoms with van der Waals surface area (Å²) in [6.45, 7) is 8.85. The monoisotopic (exact) mass is 298 g/mol. The van der Waals surface area contributed by atoms with E-state index in [1.54, 1.807) is 0 Å². The molecule has 4 atom stereocenters. The summed E-state index contributed by atoms with van der Waals surface area (Å²) in [7, 11) is 0. The van der Waals surface area contributed by atoms with Crippen LogP contribution in [0.4, 0.5) is 0 Å². The second-order valence-electron chi connectivity index (χ2n) is 8.97. The highest BCUT2D eigenvalue weighted by molar-refractivity contribution is 6.00. The van der Waals surface area contributed by atoms with Gasteiger partial charge in [-0.25, -0.2) is 0 Å². The minimum atomic E-state index is -0.429. The van der Waals surface area contributed by atoms with Crippen LogP contribution in [0.5, 0.6) is 0 Å². The molecule has 4 aliphatic carbocycles. The highest BCUT2D eigenvalue weighted by Crippen LogP contribution is 2.67. The van der Waals surface area contributed by atoms with Crippen LogP contribution >= 0.6 is 0 Å². The molecule has 4 rings (SSSR count). The number of carbonyl (C=O) groups excluding carboxylic acids is 2. The van der Waals surface area contributed by atoms with Gasteiger partial charge in [-0.2, -0.15) is 0 Å². The van der Waals surface area contributed by atoms with Gasteiger partial charge >= 0.3 is 0 Å². The van der Waals surface area contributed by atoms with Gasteiger partial charge in [0.15, 0.2) is 5.78 Å². The first kappa shape index (κ1) is 14.4. The largest absolute Gasteiger partial charge is 0.299 e. The van der Waals surface area contributed by atoms with Gasteiger partial charge in [-0.05, 0) is 62.5 Å². The molecule has 0 N–H and O–H groups in total. The van der Waals surface area contributed by atoms with Gasteiger partial charge in [-0.3, -0.25) is 9.59 Å². The third-order valence-corrected chi connectivity index (χ3v) is 7.44. The lowest BCUT2D eigenvalue weighted by molar-refractivity contribution is -0.141. The molecule has 2 nitrogen and oxygen atoms in total. The van der Waals surface area contributed by atoms with E-state index in [2.05, 4.69) is 33.8 Å². The summed E-state index contributed by atoms with van der Waals surface area (Å²) in [5.41, 5.74) is 2.13. The minimum Gasteiger partial charge on any atom is -0.299 e. The van der Waals surface area contributed by atoms with Gasteiger partial charge < -0.3 is 0 Å². The summed E-state index contributed by atoms with van der Waals surface area (Å²) >= 11 is 0. The highest BCUT2D eigenvalue weighted by Gasteiger charge is 2.62. The Hall–Kier alpha value is -1.18. The van der Waals surface area contributed by atoms with Gasteiger partial charge in [0.2, 0.25) is 0 Å². The molecule has 0 radical (unpaired) electrons. The summed E-state index contributed by atoms with van der Waals surface area (Å²) in [5.74, 6) is 1.05. The fourth-order valence-electron chi connectivity index (χ4n) is 6.26. The SMILES string of the molecule is CC1=C[C@@]23CC[C@@H]4C(C)(C)CCC(=O)[C@@]4(C)C2=CC(=O)[C@@H]1C3. The fourth-order valence-corrected chi connectivity index (χ4v) is 6.26. The van der Waals surface area contributed by atoms with Crippen LogP contribution < -0.4 is 0 Å². The van der Waals surface area contributed by atoms with E-state index >= 15 is 0 Å². The second-order valence-corrected chi connectivity index (χ2v) is 8.97. The molecule has 0 unspecified atom stereocenters. The Balaban J connectivity index is 1.92. The molecular formula is C20H26O2. The van der Waals surface area contributed by atoms with Crippen LogP contribution in [0, 0.1) is 28.1 Å². The molecule has 0 amide bonds. The zero-order valence-corrected chi connectivity index (χ0v) is 14.2. The minimum absolute atomic E-state index is 0.00299. The summed E-state index contributed by atoms with van der Waals surface area (Å²) < 4.78 is 0. The Morgan fingerprint density at radius 1 is 1.14 bits per heavy atom. The first-order chi connectivity index (χ1) is 10.2. The van der Waals surface area contributed by atoms with E-state index in [0.717, 1.165) is 31.3 Å². The Bertz CT molecular complexity index is 651. The highest BCUT2D eigenvalue weighted by atomic mass is 16.1. The van der Waals surface area contributed by atoms with Crippen LogP contribution in [-0.2, 0) is 9.59 Å². The lowest BCUT2D eigenvalue weighted by Crippen LogP contribution is -2.55. The summed E-state index contributed by atoms with van der Waals surface area (Å²) in [6.07, 6.45) is 9.00. The zero-order chi connectivity index (χ0) is 15.9. The Morgan fingerprint density at radius 2 is 1.86 bits per heavy atom. The number of fused-ring (bicyclic) bond motifs is 3. The van der Waals surface area contributed by atoms with Gasteiger partial charge in [0.1, 0.15) is 5.78 Å². The van der Waals surface area contributed by atoms with Gasteiger partial charge in [-0.15, -0.1) is 0 Å². The Kier molecular flexibility index (Phi) is 2.63. The van der Waals surface area contributed by atoms with Gasteiger partial charge in [-0.1, -0.05) is 25.5 Å². The van der Waals surface area contributed by atoms with Crippen LogP contribution in [-0.4, -0.2) is 11.6 Å².